The summed E-state index contributed by atoms with van der Waals surface area (Å²) in [5, 5.41) is 10.3. The molecule has 0 aromatic heterocycles. The van der Waals surface area contributed by atoms with Crippen LogP contribution in [0.3, 0.4) is 0 Å². The topological polar surface area (TPSA) is 45.2 Å². The van der Waals surface area contributed by atoms with E-state index in [1.54, 1.807) is 7.11 Å². The first-order chi connectivity index (χ1) is 10.7. The molecule has 0 spiro atoms. The van der Waals surface area contributed by atoms with Crippen LogP contribution in [-0.4, -0.2) is 74.1 Å². The fourth-order valence-electron chi connectivity index (χ4n) is 2.73. The summed E-state index contributed by atoms with van der Waals surface area (Å²) >= 11 is 0. The van der Waals surface area contributed by atoms with Gasteiger partial charge in [-0.1, -0.05) is 19.1 Å². The van der Waals surface area contributed by atoms with E-state index >= 15 is 0 Å². The zero-order chi connectivity index (χ0) is 15.8. The van der Waals surface area contributed by atoms with E-state index in [0.717, 1.165) is 51.7 Å². The number of methoxy groups -OCH3 is 1. The molecule has 0 amide bonds. The summed E-state index contributed by atoms with van der Waals surface area (Å²) in [7, 11) is 1.68. The number of hydrogen-bond donors (Lipinski definition) is 1. The van der Waals surface area contributed by atoms with Gasteiger partial charge in [0, 0.05) is 32.7 Å². The lowest BCUT2D eigenvalue weighted by Crippen LogP contribution is -2.44. The smallest absolute Gasteiger partial charge is 0.118 e. The molecule has 0 bridgehead atoms. The number of likely N-dealkylation sites (N-methyl/N-ethyl adjacent to an activating group) is 1. The average molecular weight is 308 g/mol. The Morgan fingerprint density at radius 2 is 1.95 bits per heavy atom. The van der Waals surface area contributed by atoms with Crippen molar-refractivity contribution in [3.63, 3.8) is 0 Å². The largest absolute Gasteiger partial charge is 0.497 e. The van der Waals surface area contributed by atoms with Gasteiger partial charge in [-0.2, -0.15) is 0 Å². The third kappa shape index (κ3) is 5.57. The second kappa shape index (κ2) is 9.10. The van der Waals surface area contributed by atoms with Crippen LogP contribution in [0.5, 0.6) is 5.75 Å². The Morgan fingerprint density at radius 1 is 1.27 bits per heavy atom. The Kier molecular flexibility index (Phi) is 7.12. The molecule has 0 saturated carbocycles. The van der Waals surface area contributed by atoms with Crippen molar-refractivity contribution in [1.82, 2.24) is 9.80 Å². The number of hydrogen-bond acceptors (Lipinski definition) is 5. The normalized spacial score (nSPS) is 17.6. The first-order valence-corrected chi connectivity index (χ1v) is 8.04. The van der Waals surface area contributed by atoms with Crippen LogP contribution in [0.2, 0.25) is 0 Å². The standard InChI is InChI=1S/C17H28N2O3/c1-3-18(12-15-4-6-17(21-2)7-5-15)13-16(20)14-19-8-10-22-11-9-19/h4-7,16,20H,3,8-14H2,1-2H3. The maximum Gasteiger partial charge on any atom is 0.118 e. The minimum Gasteiger partial charge on any atom is -0.497 e. The molecule has 5 heteroatoms. The number of rotatable bonds is 8. The van der Waals surface area contributed by atoms with Gasteiger partial charge in [-0.3, -0.25) is 9.80 Å². The van der Waals surface area contributed by atoms with Gasteiger partial charge in [-0.25, -0.2) is 0 Å². The fourth-order valence-corrected chi connectivity index (χ4v) is 2.73. The molecule has 1 unspecified atom stereocenters. The first-order valence-electron chi connectivity index (χ1n) is 8.04. The number of aliphatic hydroxyl groups excluding tert-OH is 1. The maximum absolute atomic E-state index is 10.3. The quantitative estimate of drug-likeness (QED) is 0.782. The summed E-state index contributed by atoms with van der Waals surface area (Å²) in [6, 6.07) is 8.12. The van der Waals surface area contributed by atoms with Gasteiger partial charge in [0.2, 0.25) is 0 Å². The number of benzene rings is 1. The van der Waals surface area contributed by atoms with Crippen molar-refractivity contribution in [1.29, 1.82) is 0 Å². The molecule has 1 fully saturated rings. The maximum atomic E-state index is 10.3. The van der Waals surface area contributed by atoms with Gasteiger partial charge in [0.25, 0.3) is 0 Å². The van der Waals surface area contributed by atoms with Gasteiger partial charge in [-0.15, -0.1) is 0 Å². The van der Waals surface area contributed by atoms with E-state index in [1.807, 2.05) is 12.1 Å². The van der Waals surface area contributed by atoms with Gasteiger partial charge in [-0.05, 0) is 24.2 Å². The van der Waals surface area contributed by atoms with Crippen molar-refractivity contribution in [2.45, 2.75) is 19.6 Å². The highest BCUT2D eigenvalue weighted by Crippen LogP contribution is 2.13. The number of nitrogens with zero attached hydrogens (tertiary/aromatic N) is 2. The summed E-state index contributed by atoms with van der Waals surface area (Å²) in [6.07, 6.45) is -0.323. The highest BCUT2D eigenvalue weighted by atomic mass is 16.5. The fraction of sp³-hybridized carbons (Fsp3) is 0.647. The highest BCUT2D eigenvalue weighted by molar-refractivity contribution is 5.27. The van der Waals surface area contributed by atoms with Crippen LogP contribution in [0.25, 0.3) is 0 Å². The van der Waals surface area contributed by atoms with Crippen molar-refractivity contribution in [3.05, 3.63) is 29.8 Å². The third-order valence-corrected chi connectivity index (χ3v) is 4.05. The predicted octanol–water partition coefficient (Wildman–Crippen LogP) is 1.21. The Balaban J connectivity index is 1.79. The van der Waals surface area contributed by atoms with Crippen LogP contribution in [0.15, 0.2) is 24.3 Å². The van der Waals surface area contributed by atoms with E-state index in [2.05, 4.69) is 28.9 Å². The SMILES string of the molecule is CCN(Cc1ccc(OC)cc1)CC(O)CN1CCOCC1. The van der Waals surface area contributed by atoms with Crippen molar-refractivity contribution >= 4 is 0 Å². The van der Waals surface area contributed by atoms with Crippen molar-refractivity contribution in [2.75, 3.05) is 53.0 Å². The Hall–Kier alpha value is -1.14. The lowest BCUT2D eigenvalue weighted by atomic mass is 10.2. The molecule has 5 nitrogen and oxygen atoms in total. The summed E-state index contributed by atoms with van der Waals surface area (Å²) in [6.45, 7) is 8.70. The molecular weight excluding hydrogens is 280 g/mol. The summed E-state index contributed by atoms with van der Waals surface area (Å²) < 4.78 is 10.5. The predicted molar refractivity (Wildman–Crippen MR) is 87.2 cm³/mol. The van der Waals surface area contributed by atoms with Crippen molar-refractivity contribution < 1.29 is 14.6 Å². The van der Waals surface area contributed by atoms with Gasteiger partial charge >= 0.3 is 0 Å². The number of ether oxygens (including phenoxy) is 2. The summed E-state index contributed by atoms with van der Waals surface area (Å²) in [5.41, 5.74) is 1.24. The molecule has 0 radical (unpaired) electrons. The van der Waals surface area contributed by atoms with Crippen LogP contribution in [0, 0.1) is 0 Å². The molecule has 1 atom stereocenters. The molecule has 1 aliphatic rings. The monoisotopic (exact) mass is 308 g/mol. The van der Waals surface area contributed by atoms with Crippen LogP contribution in [-0.2, 0) is 11.3 Å². The molecule has 0 aliphatic carbocycles. The molecule has 1 aromatic carbocycles. The lowest BCUT2D eigenvalue weighted by molar-refractivity contribution is 0.00669. The zero-order valence-electron chi connectivity index (χ0n) is 13.7. The van der Waals surface area contributed by atoms with Crippen molar-refractivity contribution in [2.24, 2.45) is 0 Å². The van der Waals surface area contributed by atoms with Crippen molar-refractivity contribution in [3.8, 4) is 5.75 Å². The molecule has 2 rings (SSSR count). The molecule has 22 heavy (non-hydrogen) atoms. The van der Waals surface area contributed by atoms with E-state index in [9.17, 15) is 5.11 Å². The van der Waals surface area contributed by atoms with Crippen LogP contribution in [0.1, 0.15) is 12.5 Å². The molecular formula is C17H28N2O3. The first kappa shape index (κ1) is 17.2. The molecule has 1 N–H and O–H groups in total. The van der Waals surface area contributed by atoms with E-state index in [4.69, 9.17) is 9.47 Å². The lowest BCUT2D eigenvalue weighted by Gasteiger charge is -2.30. The number of morpholine rings is 1. The Bertz CT molecular complexity index is 418. The van der Waals surface area contributed by atoms with E-state index in [1.165, 1.54) is 5.56 Å². The minimum atomic E-state index is -0.323. The molecule has 1 aromatic rings. The number of aliphatic hydroxyl groups is 1. The summed E-state index contributed by atoms with van der Waals surface area (Å²) in [5.74, 6) is 0.874. The number of β-amino-alcohol motifs (C(OH)–C–C–N with tert-alkyl or cyclic N) is 1. The van der Waals surface area contributed by atoms with Gasteiger partial charge in [0.05, 0.1) is 26.4 Å². The molecule has 1 heterocycles. The van der Waals surface area contributed by atoms with Gasteiger partial charge in [0.1, 0.15) is 5.75 Å². The zero-order valence-corrected chi connectivity index (χ0v) is 13.7. The van der Waals surface area contributed by atoms with E-state index in [0.29, 0.717) is 6.54 Å². The molecule has 1 saturated heterocycles. The van der Waals surface area contributed by atoms with Crippen LogP contribution >= 0.6 is 0 Å². The van der Waals surface area contributed by atoms with Gasteiger partial charge < -0.3 is 14.6 Å². The molecule has 1 aliphatic heterocycles. The second-order valence-electron chi connectivity index (χ2n) is 5.74. The second-order valence-corrected chi connectivity index (χ2v) is 5.74. The highest BCUT2D eigenvalue weighted by Gasteiger charge is 2.17. The third-order valence-electron chi connectivity index (χ3n) is 4.05. The summed E-state index contributed by atoms with van der Waals surface area (Å²) in [4.78, 5) is 4.54. The van der Waals surface area contributed by atoms with Crippen LogP contribution < -0.4 is 4.74 Å². The van der Waals surface area contributed by atoms with Crippen LogP contribution in [0.4, 0.5) is 0 Å². The average Bonchev–Trinajstić information content (AvgIpc) is 2.55. The Morgan fingerprint density at radius 3 is 2.55 bits per heavy atom. The molecule has 124 valence electrons. The van der Waals surface area contributed by atoms with E-state index < -0.39 is 0 Å². The minimum absolute atomic E-state index is 0.323. The van der Waals surface area contributed by atoms with Gasteiger partial charge in [0.15, 0.2) is 0 Å². The van der Waals surface area contributed by atoms with E-state index in [-0.39, 0.29) is 6.10 Å². The Labute approximate surface area is 133 Å².